The van der Waals surface area contributed by atoms with E-state index in [1.165, 1.54) is 70.6 Å². The zero-order valence-electron chi connectivity index (χ0n) is 11.4. The summed E-state index contributed by atoms with van der Waals surface area (Å²) in [4.78, 5) is 0. The molecule has 17 heavy (non-hydrogen) atoms. The number of thioether (sulfide) groups is 1. The van der Waals surface area contributed by atoms with Gasteiger partial charge in [0, 0.05) is 16.5 Å². The first-order chi connectivity index (χ1) is 8.40. The molecule has 2 atom stereocenters. The van der Waals surface area contributed by atoms with Gasteiger partial charge in [-0.05, 0) is 32.7 Å². The highest BCUT2D eigenvalue weighted by Crippen LogP contribution is 2.36. The molecule has 0 amide bonds. The zero-order valence-corrected chi connectivity index (χ0v) is 12.2. The molecule has 0 aromatic rings. The van der Waals surface area contributed by atoms with Gasteiger partial charge < -0.3 is 5.32 Å². The van der Waals surface area contributed by atoms with Crippen molar-refractivity contribution in [2.45, 2.75) is 87.2 Å². The monoisotopic (exact) mass is 255 g/mol. The molecule has 0 saturated heterocycles. The molecule has 0 aliphatic heterocycles. The molecule has 0 aromatic carbocycles. The van der Waals surface area contributed by atoms with E-state index in [0.717, 1.165) is 16.5 Å². The van der Waals surface area contributed by atoms with E-state index in [4.69, 9.17) is 0 Å². The van der Waals surface area contributed by atoms with Crippen LogP contribution in [0.5, 0.6) is 0 Å². The van der Waals surface area contributed by atoms with Crippen LogP contribution in [0.2, 0.25) is 0 Å². The van der Waals surface area contributed by atoms with Crippen molar-refractivity contribution in [1.29, 1.82) is 0 Å². The van der Waals surface area contributed by atoms with Gasteiger partial charge in [-0.15, -0.1) is 0 Å². The molecule has 2 saturated carbocycles. The molecule has 0 spiro atoms. The quantitative estimate of drug-likeness (QED) is 0.804. The van der Waals surface area contributed by atoms with Gasteiger partial charge in [0.15, 0.2) is 0 Å². The van der Waals surface area contributed by atoms with Crippen molar-refractivity contribution < 1.29 is 0 Å². The lowest BCUT2D eigenvalue weighted by Crippen LogP contribution is -2.37. The second kappa shape index (κ2) is 7.68. The summed E-state index contributed by atoms with van der Waals surface area (Å²) < 4.78 is 0. The molecular weight excluding hydrogens is 226 g/mol. The summed E-state index contributed by atoms with van der Waals surface area (Å²) in [5.74, 6) is 0. The van der Waals surface area contributed by atoms with Gasteiger partial charge in [0.05, 0.1) is 0 Å². The molecule has 0 radical (unpaired) electrons. The predicted octanol–water partition coefficient (Wildman–Crippen LogP) is 4.36. The average molecular weight is 255 g/mol. The minimum absolute atomic E-state index is 0.780. The molecule has 1 nitrogen and oxygen atoms in total. The fraction of sp³-hybridized carbons (Fsp3) is 1.00. The van der Waals surface area contributed by atoms with Crippen LogP contribution in [0.25, 0.3) is 0 Å². The number of nitrogens with one attached hydrogen (secondary N) is 1. The number of hydrogen-bond donors (Lipinski definition) is 1. The van der Waals surface area contributed by atoms with Crippen molar-refractivity contribution in [2.24, 2.45) is 0 Å². The Morgan fingerprint density at radius 3 is 2.06 bits per heavy atom. The Hall–Kier alpha value is 0.310. The van der Waals surface area contributed by atoms with Crippen LogP contribution < -0.4 is 5.32 Å². The van der Waals surface area contributed by atoms with Crippen LogP contribution in [-0.2, 0) is 0 Å². The molecule has 1 N–H and O–H groups in total. The van der Waals surface area contributed by atoms with E-state index in [0.29, 0.717) is 0 Å². The van der Waals surface area contributed by atoms with E-state index < -0.39 is 0 Å². The fourth-order valence-corrected chi connectivity index (χ4v) is 5.26. The largest absolute Gasteiger partial charge is 0.316 e. The van der Waals surface area contributed by atoms with Gasteiger partial charge >= 0.3 is 0 Å². The van der Waals surface area contributed by atoms with Gasteiger partial charge in [0.25, 0.3) is 0 Å². The highest BCUT2D eigenvalue weighted by atomic mass is 32.2. The summed E-state index contributed by atoms with van der Waals surface area (Å²) in [5, 5.41) is 5.46. The van der Waals surface area contributed by atoms with Crippen molar-refractivity contribution in [3.63, 3.8) is 0 Å². The van der Waals surface area contributed by atoms with E-state index in [1.54, 1.807) is 0 Å². The van der Waals surface area contributed by atoms with E-state index in [-0.39, 0.29) is 0 Å². The van der Waals surface area contributed by atoms with Gasteiger partial charge in [0.1, 0.15) is 0 Å². The Kier molecular flexibility index (Phi) is 6.21. The summed E-state index contributed by atoms with van der Waals surface area (Å²) in [6.45, 7) is 0. The molecular formula is C15H29NS. The van der Waals surface area contributed by atoms with Crippen LogP contribution in [0.4, 0.5) is 0 Å². The van der Waals surface area contributed by atoms with E-state index in [9.17, 15) is 0 Å². The lowest BCUT2D eigenvalue weighted by Gasteiger charge is -2.33. The third-order valence-corrected chi connectivity index (χ3v) is 6.26. The van der Waals surface area contributed by atoms with Gasteiger partial charge in [-0.25, -0.2) is 0 Å². The van der Waals surface area contributed by atoms with E-state index in [1.807, 2.05) is 0 Å². The maximum absolute atomic E-state index is 3.59. The van der Waals surface area contributed by atoms with Crippen molar-refractivity contribution in [3.8, 4) is 0 Å². The van der Waals surface area contributed by atoms with Crippen LogP contribution in [0.3, 0.4) is 0 Å². The maximum Gasteiger partial charge on any atom is 0.0203 e. The lowest BCUT2D eigenvalue weighted by molar-refractivity contribution is 0.417. The normalized spacial score (nSPS) is 33.0. The van der Waals surface area contributed by atoms with Gasteiger partial charge in [0.2, 0.25) is 0 Å². The second-order valence-electron chi connectivity index (χ2n) is 5.82. The van der Waals surface area contributed by atoms with Crippen LogP contribution >= 0.6 is 11.8 Å². The van der Waals surface area contributed by atoms with Crippen molar-refractivity contribution in [2.75, 3.05) is 7.05 Å². The highest BCUT2D eigenvalue weighted by molar-refractivity contribution is 8.00. The summed E-state index contributed by atoms with van der Waals surface area (Å²) in [7, 11) is 2.17. The lowest BCUT2D eigenvalue weighted by atomic mass is 9.96. The molecule has 2 aliphatic rings. The summed E-state index contributed by atoms with van der Waals surface area (Å²) in [6, 6.07) is 0.780. The Balaban J connectivity index is 1.84. The molecule has 100 valence electrons. The first-order valence-corrected chi connectivity index (χ1v) is 8.67. The third-order valence-electron chi connectivity index (χ3n) is 4.49. The molecule has 0 bridgehead atoms. The SMILES string of the molecule is CNC1CCCCCCC1SC1CCCCC1. The average Bonchev–Trinajstić information content (AvgIpc) is 2.34. The first kappa shape index (κ1) is 13.7. The van der Waals surface area contributed by atoms with Gasteiger partial charge in [-0.1, -0.05) is 44.9 Å². The maximum atomic E-state index is 3.59. The minimum Gasteiger partial charge on any atom is -0.316 e. The second-order valence-corrected chi connectivity index (χ2v) is 7.37. The fourth-order valence-electron chi connectivity index (χ4n) is 3.39. The molecule has 2 rings (SSSR count). The Morgan fingerprint density at radius 1 is 0.765 bits per heavy atom. The number of hydrogen-bond acceptors (Lipinski definition) is 2. The predicted molar refractivity (Wildman–Crippen MR) is 78.8 cm³/mol. The molecule has 2 aliphatic carbocycles. The minimum atomic E-state index is 0.780. The van der Waals surface area contributed by atoms with Crippen molar-refractivity contribution >= 4 is 11.8 Å². The number of rotatable bonds is 3. The van der Waals surface area contributed by atoms with Crippen molar-refractivity contribution in [3.05, 3.63) is 0 Å². The summed E-state index contributed by atoms with van der Waals surface area (Å²) >= 11 is 2.33. The molecule has 2 unspecified atom stereocenters. The molecule has 0 heterocycles. The Bertz CT molecular complexity index is 201. The van der Waals surface area contributed by atoms with Gasteiger partial charge in [-0.2, -0.15) is 11.8 Å². The first-order valence-electron chi connectivity index (χ1n) is 7.73. The Labute approximate surface area is 112 Å². The highest BCUT2D eigenvalue weighted by Gasteiger charge is 2.25. The van der Waals surface area contributed by atoms with E-state index in [2.05, 4.69) is 24.1 Å². The molecule has 0 aromatic heterocycles. The third kappa shape index (κ3) is 4.48. The molecule has 2 fully saturated rings. The smallest absolute Gasteiger partial charge is 0.0203 e. The molecule has 2 heteroatoms. The van der Waals surface area contributed by atoms with Crippen LogP contribution in [0.15, 0.2) is 0 Å². The summed E-state index contributed by atoms with van der Waals surface area (Å²) in [6.07, 6.45) is 16.1. The van der Waals surface area contributed by atoms with Crippen LogP contribution in [0, 0.1) is 0 Å². The standard InChI is InChI=1S/C15H29NS/c1-16-14-11-7-2-3-8-12-15(14)17-13-9-5-4-6-10-13/h13-16H,2-12H2,1H3. The van der Waals surface area contributed by atoms with Crippen LogP contribution in [-0.4, -0.2) is 23.6 Å². The van der Waals surface area contributed by atoms with Gasteiger partial charge in [-0.3, -0.25) is 0 Å². The van der Waals surface area contributed by atoms with Crippen molar-refractivity contribution in [1.82, 2.24) is 5.32 Å². The van der Waals surface area contributed by atoms with Crippen LogP contribution in [0.1, 0.15) is 70.6 Å². The topological polar surface area (TPSA) is 12.0 Å². The Morgan fingerprint density at radius 2 is 1.35 bits per heavy atom. The van der Waals surface area contributed by atoms with E-state index >= 15 is 0 Å². The zero-order chi connectivity index (χ0) is 11.9. The summed E-state index contributed by atoms with van der Waals surface area (Å²) in [5.41, 5.74) is 0.